The van der Waals surface area contributed by atoms with E-state index < -0.39 is 17.8 Å². The van der Waals surface area contributed by atoms with E-state index in [2.05, 4.69) is 57.0 Å². The highest BCUT2D eigenvalue weighted by Crippen LogP contribution is 2.45. The molecule has 6 nitrogen and oxygen atoms in total. The minimum absolute atomic E-state index is 0.00689. The topological polar surface area (TPSA) is 69.7 Å². The van der Waals surface area contributed by atoms with Gasteiger partial charge in [-0.05, 0) is 100 Å². The number of halogens is 2. The summed E-state index contributed by atoms with van der Waals surface area (Å²) in [5.74, 6) is -1.14. The van der Waals surface area contributed by atoms with Crippen LogP contribution in [0.1, 0.15) is 63.6 Å². The molecule has 0 spiro atoms. The van der Waals surface area contributed by atoms with Gasteiger partial charge in [0.25, 0.3) is 11.8 Å². The number of carbonyl (C=O) groups is 3. The van der Waals surface area contributed by atoms with Crippen LogP contribution in [0.25, 0.3) is 6.08 Å². The van der Waals surface area contributed by atoms with E-state index in [1.807, 2.05) is 6.92 Å². The highest BCUT2D eigenvalue weighted by molar-refractivity contribution is 6.43. The normalized spacial score (nSPS) is 21.0. The number of nitrogens with zero attached hydrogens (tertiary/aromatic N) is 2. The largest absolute Gasteiger partial charge is 0.364 e. The van der Waals surface area contributed by atoms with Crippen LogP contribution in [0.15, 0.2) is 35.9 Å². The highest BCUT2D eigenvalue weighted by Gasteiger charge is 2.39. The van der Waals surface area contributed by atoms with Crippen molar-refractivity contribution in [2.45, 2.75) is 65.5 Å². The molecule has 2 aromatic carbocycles. The molecule has 184 valence electrons. The average Bonchev–Trinajstić information content (AvgIpc) is 2.73. The summed E-state index contributed by atoms with van der Waals surface area (Å²) < 4.78 is 0. The minimum Gasteiger partial charge on any atom is -0.364 e. The van der Waals surface area contributed by atoms with Gasteiger partial charge in [-0.2, -0.15) is 0 Å². The van der Waals surface area contributed by atoms with E-state index in [1.54, 1.807) is 6.08 Å². The van der Waals surface area contributed by atoms with E-state index in [9.17, 15) is 14.4 Å². The molecule has 0 saturated carbocycles. The van der Waals surface area contributed by atoms with Crippen LogP contribution in [0.2, 0.25) is 10.0 Å². The molecular weight excluding hydrogens is 485 g/mol. The van der Waals surface area contributed by atoms with Gasteiger partial charge in [-0.3, -0.25) is 14.9 Å². The predicted molar refractivity (Wildman–Crippen MR) is 141 cm³/mol. The molecule has 0 radical (unpaired) electrons. The van der Waals surface area contributed by atoms with Crippen LogP contribution in [0.3, 0.4) is 0 Å². The Labute approximate surface area is 215 Å². The Balaban J connectivity index is 1.79. The third-order valence-corrected chi connectivity index (χ3v) is 7.48. The van der Waals surface area contributed by atoms with Crippen molar-refractivity contribution in [2.24, 2.45) is 0 Å². The number of nitrogens with one attached hydrogen (secondary N) is 1. The van der Waals surface area contributed by atoms with Gasteiger partial charge in [0.1, 0.15) is 5.57 Å². The molecule has 0 aromatic heterocycles. The third kappa shape index (κ3) is 4.45. The first-order valence-electron chi connectivity index (χ1n) is 11.6. The fraction of sp³-hybridized carbons (Fsp3) is 0.370. The first-order chi connectivity index (χ1) is 16.3. The minimum atomic E-state index is -0.832. The molecule has 2 aromatic rings. The molecule has 35 heavy (non-hydrogen) atoms. The predicted octanol–water partition coefficient (Wildman–Crippen LogP) is 6.47. The van der Waals surface area contributed by atoms with Crippen LogP contribution in [0, 0.1) is 6.92 Å². The number of carbonyl (C=O) groups excluding carboxylic acids is 3. The van der Waals surface area contributed by atoms with Gasteiger partial charge in [0.05, 0.1) is 15.7 Å². The van der Waals surface area contributed by atoms with E-state index in [4.69, 9.17) is 23.2 Å². The summed E-state index contributed by atoms with van der Waals surface area (Å²) in [6.07, 6.45) is 2.55. The highest BCUT2D eigenvalue weighted by atomic mass is 35.5. The maximum absolute atomic E-state index is 13.3. The van der Waals surface area contributed by atoms with E-state index >= 15 is 0 Å². The monoisotopic (exact) mass is 513 g/mol. The molecule has 0 aliphatic carbocycles. The van der Waals surface area contributed by atoms with Crippen LogP contribution in [0.5, 0.6) is 0 Å². The van der Waals surface area contributed by atoms with Gasteiger partial charge in [0.15, 0.2) is 0 Å². The summed E-state index contributed by atoms with van der Waals surface area (Å²) in [6, 6.07) is 8.10. The number of amides is 4. The number of rotatable bonds is 3. The summed E-state index contributed by atoms with van der Waals surface area (Å²) in [6.45, 7) is 13.1. The first kappa shape index (κ1) is 25.3. The number of aryl methyl sites for hydroxylation is 1. The summed E-state index contributed by atoms with van der Waals surface area (Å²) in [5.41, 5.74) is 4.17. The lowest BCUT2D eigenvalue weighted by atomic mass is 9.78. The molecule has 1 saturated heterocycles. The zero-order valence-corrected chi connectivity index (χ0v) is 22.2. The van der Waals surface area contributed by atoms with Gasteiger partial charge in [-0.1, -0.05) is 30.1 Å². The van der Waals surface area contributed by atoms with Gasteiger partial charge < -0.3 is 4.90 Å². The number of hydrogen-bond donors (Lipinski definition) is 1. The second-order valence-corrected chi connectivity index (χ2v) is 11.0. The number of benzene rings is 2. The van der Waals surface area contributed by atoms with Gasteiger partial charge in [-0.15, -0.1) is 0 Å². The average molecular weight is 514 g/mol. The molecule has 2 aliphatic heterocycles. The van der Waals surface area contributed by atoms with Crippen LogP contribution in [-0.2, 0) is 9.59 Å². The van der Waals surface area contributed by atoms with Crippen molar-refractivity contribution in [1.82, 2.24) is 5.32 Å². The van der Waals surface area contributed by atoms with Gasteiger partial charge >= 0.3 is 6.03 Å². The van der Waals surface area contributed by atoms with E-state index in [1.165, 1.54) is 29.4 Å². The van der Waals surface area contributed by atoms with Crippen molar-refractivity contribution in [3.63, 3.8) is 0 Å². The molecule has 4 amide bonds. The van der Waals surface area contributed by atoms with E-state index in [0.29, 0.717) is 17.0 Å². The van der Waals surface area contributed by atoms with Crippen molar-refractivity contribution < 1.29 is 14.4 Å². The fourth-order valence-electron chi connectivity index (χ4n) is 5.42. The number of fused-ring (bicyclic) bond motifs is 1. The molecule has 0 bridgehead atoms. The number of anilines is 2. The van der Waals surface area contributed by atoms with Crippen LogP contribution in [0.4, 0.5) is 16.2 Å². The van der Waals surface area contributed by atoms with Crippen LogP contribution >= 0.6 is 23.2 Å². The molecular formula is C27H29Cl2N3O3. The molecule has 2 heterocycles. The standard InChI is InChI=1S/C27H29Cl2N3O3/c1-14(2)32-23-9-15(3)17(10-19(23)16(4)13-27(32,5)6)11-20-24(33)30-26(35)31(25(20)34)18-7-8-21(28)22(29)12-18/h7-12,14,16H,13H2,1-6H3,(H,30,33,35)/b20-11+/t16-/m1/s1. The van der Waals surface area contributed by atoms with Gasteiger partial charge in [0.2, 0.25) is 0 Å². The molecule has 1 atom stereocenters. The summed E-state index contributed by atoms with van der Waals surface area (Å²) >= 11 is 12.1. The number of hydrogen-bond acceptors (Lipinski definition) is 4. The Morgan fingerprint density at radius 2 is 1.77 bits per heavy atom. The Morgan fingerprint density at radius 1 is 1.09 bits per heavy atom. The Hall–Kier alpha value is -2.83. The third-order valence-electron chi connectivity index (χ3n) is 6.74. The maximum Gasteiger partial charge on any atom is 0.335 e. The first-order valence-corrected chi connectivity index (χ1v) is 12.4. The Morgan fingerprint density at radius 3 is 2.40 bits per heavy atom. The van der Waals surface area contributed by atoms with Crippen molar-refractivity contribution in [3.8, 4) is 0 Å². The lowest BCUT2D eigenvalue weighted by molar-refractivity contribution is -0.122. The van der Waals surface area contributed by atoms with E-state index in [0.717, 1.165) is 22.4 Å². The SMILES string of the molecule is Cc1cc2c(cc1/C=C1\C(=O)NC(=O)N(c3ccc(Cl)c(Cl)c3)C1=O)[C@H](C)CC(C)(C)N2C(C)C. The molecule has 0 unspecified atom stereocenters. The van der Waals surface area contributed by atoms with Crippen LogP contribution < -0.4 is 15.1 Å². The molecule has 4 rings (SSSR count). The summed E-state index contributed by atoms with van der Waals surface area (Å²) in [7, 11) is 0. The van der Waals surface area contributed by atoms with Crippen molar-refractivity contribution in [3.05, 3.63) is 62.6 Å². The second kappa shape index (κ2) is 8.99. The quantitative estimate of drug-likeness (QED) is 0.377. The smallest absolute Gasteiger partial charge is 0.335 e. The lowest BCUT2D eigenvalue weighted by Crippen LogP contribution is -2.54. The second-order valence-electron chi connectivity index (χ2n) is 10.2. The van der Waals surface area contributed by atoms with Crippen molar-refractivity contribution in [2.75, 3.05) is 9.80 Å². The molecule has 2 aliphatic rings. The zero-order valence-electron chi connectivity index (χ0n) is 20.7. The van der Waals surface area contributed by atoms with Gasteiger partial charge in [0, 0.05) is 17.3 Å². The fourth-order valence-corrected chi connectivity index (χ4v) is 5.71. The summed E-state index contributed by atoms with van der Waals surface area (Å²) in [5, 5.41) is 2.75. The zero-order chi connectivity index (χ0) is 25.8. The number of imide groups is 2. The maximum atomic E-state index is 13.3. The Bertz CT molecular complexity index is 1280. The van der Waals surface area contributed by atoms with Gasteiger partial charge in [-0.25, -0.2) is 9.69 Å². The van der Waals surface area contributed by atoms with Crippen molar-refractivity contribution >= 4 is 58.5 Å². The molecule has 1 N–H and O–H groups in total. The lowest BCUT2D eigenvalue weighted by Gasteiger charge is -2.50. The van der Waals surface area contributed by atoms with Crippen molar-refractivity contribution in [1.29, 1.82) is 0 Å². The molecule has 8 heteroatoms. The number of barbiturate groups is 1. The van der Waals surface area contributed by atoms with Crippen LogP contribution in [-0.4, -0.2) is 29.4 Å². The Kier molecular flexibility index (Phi) is 6.49. The number of urea groups is 1. The van der Waals surface area contributed by atoms with E-state index in [-0.39, 0.29) is 21.8 Å². The summed E-state index contributed by atoms with van der Waals surface area (Å²) in [4.78, 5) is 41.9. The molecule has 1 fully saturated rings.